The van der Waals surface area contributed by atoms with Crippen LogP contribution in [0.1, 0.15) is 13.8 Å². The van der Waals surface area contributed by atoms with Crippen LogP contribution in [-0.4, -0.2) is 30.8 Å². The molecule has 0 radical (unpaired) electrons. The molecule has 0 amide bonds. The van der Waals surface area contributed by atoms with Crippen LogP contribution in [0.15, 0.2) is 0 Å². The summed E-state index contributed by atoms with van der Waals surface area (Å²) in [6, 6.07) is 0. The lowest BCUT2D eigenvalue weighted by atomic mass is 10.1. The lowest BCUT2D eigenvalue weighted by molar-refractivity contribution is 0.0346. The third-order valence-corrected chi connectivity index (χ3v) is 1.33. The average Bonchev–Trinajstić information content (AvgIpc) is 1.82. The molecule has 1 aliphatic heterocycles. The molecule has 0 saturated carbocycles. The third-order valence-electron chi connectivity index (χ3n) is 1.33. The van der Waals surface area contributed by atoms with E-state index in [4.69, 9.17) is 4.74 Å². The molecule has 1 aliphatic rings. The van der Waals surface area contributed by atoms with Crippen LogP contribution in [0.5, 0.6) is 0 Å². The van der Waals surface area contributed by atoms with Gasteiger partial charge in [0.1, 0.15) is 0 Å². The molecule has 0 unspecified atom stereocenters. The monoisotopic (exact) mass is 115 g/mol. The fourth-order valence-corrected chi connectivity index (χ4v) is 1.03. The fraction of sp³-hybridized carbons (Fsp3) is 1.00. The summed E-state index contributed by atoms with van der Waals surface area (Å²) in [6.07, 6.45) is 0. The third kappa shape index (κ3) is 1.20. The molecule has 2 heteroatoms. The summed E-state index contributed by atoms with van der Waals surface area (Å²) in [5, 5.41) is 0. The molecule has 1 fully saturated rings. The topological polar surface area (TPSA) is 12.5 Å². The van der Waals surface area contributed by atoms with E-state index in [0.717, 1.165) is 13.3 Å². The zero-order chi connectivity index (χ0) is 6.20. The molecule has 0 aliphatic carbocycles. The van der Waals surface area contributed by atoms with Crippen LogP contribution in [0.25, 0.3) is 0 Å². The molecule has 0 spiro atoms. The maximum absolute atomic E-state index is 5.38. The lowest BCUT2D eigenvalue weighted by Gasteiger charge is -2.14. The maximum atomic E-state index is 5.38. The van der Waals surface area contributed by atoms with Gasteiger partial charge in [-0.3, -0.25) is 4.90 Å². The Morgan fingerprint density at radius 3 is 2.25 bits per heavy atom. The first-order chi connectivity index (χ1) is 3.60. The van der Waals surface area contributed by atoms with Crippen molar-refractivity contribution in [2.24, 2.45) is 0 Å². The summed E-state index contributed by atoms with van der Waals surface area (Å²) in [5.74, 6) is 0. The van der Waals surface area contributed by atoms with Crippen molar-refractivity contribution in [3.63, 3.8) is 0 Å². The second-order valence-corrected chi connectivity index (χ2v) is 3.05. The van der Waals surface area contributed by atoms with Gasteiger partial charge in [0, 0.05) is 6.54 Å². The van der Waals surface area contributed by atoms with Crippen molar-refractivity contribution >= 4 is 0 Å². The molecule has 1 heterocycles. The molecule has 0 atom stereocenters. The van der Waals surface area contributed by atoms with Crippen LogP contribution in [-0.2, 0) is 4.74 Å². The number of rotatable bonds is 0. The standard InChI is InChI=1S/C6H13NO/c1-6(2)4-7(3)5-8-6/h4-5H2,1-3H3. The number of ether oxygens (including phenoxy) is 1. The lowest BCUT2D eigenvalue weighted by Crippen LogP contribution is -2.25. The average molecular weight is 115 g/mol. The van der Waals surface area contributed by atoms with Gasteiger partial charge in [0.2, 0.25) is 0 Å². The molecular weight excluding hydrogens is 102 g/mol. The smallest absolute Gasteiger partial charge is 0.0996 e. The first-order valence-corrected chi connectivity index (χ1v) is 2.93. The van der Waals surface area contributed by atoms with Gasteiger partial charge in [-0.25, -0.2) is 0 Å². The van der Waals surface area contributed by atoms with E-state index in [1.165, 1.54) is 0 Å². The zero-order valence-corrected chi connectivity index (χ0v) is 5.77. The summed E-state index contributed by atoms with van der Waals surface area (Å²) in [4.78, 5) is 2.17. The second kappa shape index (κ2) is 1.71. The Bertz CT molecular complexity index is 90.5. The minimum Gasteiger partial charge on any atom is -0.359 e. The zero-order valence-electron chi connectivity index (χ0n) is 5.77. The van der Waals surface area contributed by atoms with Gasteiger partial charge in [-0.05, 0) is 20.9 Å². The number of likely N-dealkylation sites (N-methyl/N-ethyl adjacent to an activating group) is 1. The van der Waals surface area contributed by atoms with Gasteiger partial charge in [0.25, 0.3) is 0 Å². The van der Waals surface area contributed by atoms with Crippen molar-refractivity contribution in [3.8, 4) is 0 Å². The molecule has 0 bridgehead atoms. The number of hydrogen-bond acceptors (Lipinski definition) is 2. The van der Waals surface area contributed by atoms with Gasteiger partial charge >= 0.3 is 0 Å². The highest BCUT2D eigenvalue weighted by atomic mass is 16.5. The molecule has 48 valence electrons. The Balaban J connectivity index is 2.44. The van der Waals surface area contributed by atoms with E-state index in [-0.39, 0.29) is 5.60 Å². The van der Waals surface area contributed by atoms with E-state index in [1.807, 2.05) is 0 Å². The van der Waals surface area contributed by atoms with E-state index in [2.05, 4.69) is 25.8 Å². The molecule has 0 aromatic carbocycles. The summed E-state index contributed by atoms with van der Waals surface area (Å²) in [6.45, 7) is 6.05. The number of hydrogen-bond donors (Lipinski definition) is 0. The summed E-state index contributed by atoms with van der Waals surface area (Å²) in [7, 11) is 2.06. The van der Waals surface area contributed by atoms with Crippen LogP contribution in [0, 0.1) is 0 Å². The van der Waals surface area contributed by atoms with E-state index < -0.39 is 0 Å². The van der Waals surface area contributed by atoms with Crippen molar-refractivity contribution in [1.82, 2.24) is 4.90 Å². The SMILES string of the molecule is CN1COC(C)(C)C1. The Morgan fingerprint density at radius 2 is 2.12 bits per heavy atom. The highest BCUT2D eigenvalue weighted by Crippen LogP contribution is 2.16. The predicted molar refractivity (Wildman–Crippen MR) is 32.7 cm³/mol. The van der Waals surface area contributed by atoms with E-state index >= 15 is 0 Å². The Labute approximate surface area is 50.4 Å². The fourth-order valence-electron chi connectivity index (χ4n) is 1.03. The number of nitrogens with zero attached hydrogens (tertiary/aromatic N) is 1. The maximum Gasteiger partial charge on any atom is 0.0996 e. The van der Waals surface area contributed by atoms with E-state index in [1.54, 1.807) is 0 Å². The van der Waals surface area contributed by atoms with Crippen molar-refractivity contribution in [1.29, 1.82) is 0 Å². The van der Waals surface area contributed by atoms with Crippen LogP contribution in [0.2, 0.25) is 0 Å². The van der Waals surface area contributed by atoms with Crippen molar-refractivity contribution in [2.45, 2.75) is 19.4 Å². The summed E-state index contributed by atoms with van der Waals surface area (Å²) >= 11 is 0. The second-order valence-electron chi connectivity index (χ2n) is 3.05. The quantitative estimate of drug-likeness (QED) is 0.460. The van der Waals surface area contributed by atoms with Crippen LogP contribution < -0.4 is 0 Å². The van der Waals surface area contributed by atoms with E-state index in [0.29, 0.717) is 0 Å². The first kappa shape index (κ1) is 6.05. The Hall–Kier alpha value is -0.0800. The van der Waals surface area contributed by atoms with Crippen molar-refractivity contribution in [3.05, 3.63) is 0 Å². The summed E-state index contributed by atoms with van der Waals surface area (Å²) in [5.41, 5.74) is 0.0920. The minimum atomic E-state index is 0.0920. The molecule has 8 heavy (non-hydrogen) atoms. The van der Waals surface area contributed by atoms with Gasteiger partial charge in [0.15, 0.2) is 0 Å². The van der Waals surface area contributed by atoms with Gasteiger partial charge in [-0.1, -0.05) is 0 Å². The molecule has 2 nitrogen and oxygen atoms in total. The van der Waals surface area contributed by atoms with Crippen LogP contribution in [0.4, 0.5) is 0 Å². The summed E-state index contributed by atoms with van der Waals surface area (Å²) < 4.78 is 5.38. The molecule has 0 N–H and O–H groups in total. The van der Waals surface area contributed by atoms with E-state index in [9.17, 15) is 0 Å². The Kier molecular flexibility index (Phi) is 1.29. The van der Waals surface area contributed by atoms with Crippen molar-refractivity contribution in [2.75, 3.05) is 20.3 Å². The largest absolute Gasteiger partial charge is 0.359 e. The Morgan fingerprint density at radius 1 is 1.50 bits per heavy atom. The minimum absolute atomic E-state index is 0.0920. The highest BCUT2D eigenvalue weighted by Gasteiger charge is 2.27. The highest BCUT2D eigenvalue weighted by molar-refractivity contribution is 4.76. The molecule has 0 aromatic heterocycles. The van der Waals surface area contributed by atoms with Crippen molar-refractivity contribution < 1.29 is 4.74 Å². The van der Waals surface area contributed by atoms with Crippen LogP contribution in [0.3, 0.4) is 0 Å². The van der Waals surface area contributed by atoms with Gasteiger partial charge in [0.05, 0.1) is 12.3 Å². The predicted octanol–water partition coefficient (Wildman–Crippen LogP) is 0.684. The molecule has 1 rings (SSSR count). The molecule has 1 saturated heterocycles. The van der Waals surface area contributed by atoms with Crippen LogP contribution >= 0.6 is 0 Å². The van der Waals surface area contributed by atoms with Gasteiger partial charge in [-0.2, -0.15) is 0 Å². The first-order valence-electron chi connectivity index (χ1n) is 2.93. The van der Waals surface area contributed by atoms with Gasteiger partial charge in [-0.15, -0.1) is 0 Å². The normalized spacial score (nSPS) is 28.9. The molecule has 0 aromatic rings. The molecular formula is C6H13NO. The van der Waals surface area contributed by atoms with Gasteiger partial charge < -0.3 is 4.74 Å².